The molecule has 0 aliphatic carbocycles. The molecule has 150 valence electrons. The van der Waals surface area contributed by atoms with E-state index in [2.05, 4.69) is 15.1 Å². The van der Waals surface area contributed by atoms with Crippen molar-refractivity contribution in [1.82, 2.24) is 19.4 Å². The first-order chi connectivity index (χ1) is 13.5. The van der Waals surface area contributed by atoms with Crippen LogP contribution in [0.1, 0.15) is 11.3 Å². The van der Waals surface area contributed by atoms with Gasteiger partial charge in [-0.05, 0) is 36.8 Å². The van der Waals surface area contributed by atoms with E-state index in [4.69, 9.17) is 9.47 Å². The van der Waals surface area contributed by atoms with Gasteiger partial charge >= 0.3 is 0 Å². The molecule has 1 saturated heterocycles. The van der Waals surface area contributed by atoms with Crippen LogP contribution >= 0.6 is 0 Å². The molecule has 9 heteroatoms. The lowest BCUT2D eigenvalue weighted by molar-refractivity contribution is 0.156. The van der Waals surface area contributed by atoms with Gasteiger partial charge in [0.15, 0.2) is 0 Å². The molecule has 2 aliphatic rings. The lowest BCUT2D eigenvalue weighted by atomic mass is 10.2. The summed E-state index contributed by atoms with van der Waals surface area (Å²) in [6, 6.07) is 8.81. The van der Waals surface area contributed by atoms with Crippen molar-refractivity contribution >= 4 is 10.0 Å². The monoisotopic (exact) mass is 404 g/mol. The fraction of sp³-hybridized carbons (Fsp3) is 0.474. The molecule has 4 rings (SSSR count). The summed E-state index contributed by atoms with van der Waals surface area (Å²) in [4.78, 5) is 2.55. The van der Waals surface area contributed by atoms with E-state index in [0.29, 0.717) is 50.2 Å². The summed E-state index contributed by atoms with van der Waals surface area (Å²) in [5.74, 6) is 1.30. The van der Waals surface area contributed by atoms with E-state index in [1.165, 1.54) is 0 Å². The number of sulfonamides is 1. The van der Waals surface area contributed by atoms with Gasteiger partial charge in [0, 0.05) is 45.2 Å². The molecule has 1 aromatic carbocycles. The smallest absolute Gasteiger partial charge is 0.243 e. The third-order valence-corrected chi connectivity index (χ3v) is 6.96. The summed E-state index contributed by atoms with van der Waals surface area (Å²) in [7, 11) is -3.47. The minimum absolute atomic E-state index is 0.353. The highest BCUT2D eigenvalue weighted by molar-refractivity contribution is 7.89. The third kappa shape index (κ3) is 4.11. The van der Waals surface area contributed by atoms with E-state index in [1.54, 1.807) is 28.6 Å². The topological polar surface area (TPSA) is 84.9 Å². The maximum absolute atomic E-state index is 12.9. The maximum atomic E-state index is 12.9. The normalized spacial score (nSPS) is 17.9. The van der Waals surface area contributed by atoms with Crippen LogP contribution in [-0.4, -0.2) is 73.8 Å². The number of hydrogen-bond donors (Lipinski definition) is 0. The van der Waals surface area contributed by atoms with Gasteiger partial charge in [-0.3, -0.25) is 4.90 Å². The summed E-state index contributed by atoms with van der Waals surface area (Å²) < 4.78 is 38.5. The Kier molecular flexibility index (Phi) is 5.47. The van der Waals surface area contributed by atoms with E-state index in [-0.39, 0.29) is 0 Å². The number of fused-ring (bicyclic) bond motifs is 1. The largest absolute Gasteiger partial charge is 0.493 e. The number of aryl methyl sites for hydroxylation is 1. The predicted octanol–water partition coefficient (Wildman–Crippen LogP) is 1.11. The summed E-state index contributed by atoms with van der Waals surface area (Å²) in [6.45, 7) is 6.01. The van der Waals surface area contributed by atoms with E-state index in [1.807, 2.05) is 13.0 Å². The van der Waals surface area contributed by atoms with E-state index < -0.39 is 10.0 Å². The molecule has 0 unspecified atom stereocenters. The molecule has 0 bridgehead atoms. The molecular formula is C19H24N4O4S. The Labute approximate surface area is 165 Å². The lowest BCUT2D eigenvalue weighted by Crippen LogP contribution is -2.49. The Morgan fingerprint density at radius 3 is 2.68 bits per heavy atom. The average molecular weight is 404 g/mol. The van der Waals surface area contributed by atoms with Gasteiger partial charge in [-0.15, -0.1) is 5.10 Å². The Balaban J connectivity index is 1.29. The number of piperazine rings is 1. The molecule has 0 N–H and O–H groups in total. The van der Waals surface area contributed by atoms with E-state index in [9.17, 15) is 8.42 Å². The summed E-state index contributed by atoms with van der Waals surface area (Å²) in [5, 5.41) is 7.94. The van der Waals surface area contributed by atoms with Crippen molar-refractivity contribution in [2.24, 2.45) is 0 Å². The third-order valence-electron chi connectivity index (χ3n) is 5.06. The zero-order chi connectivity index (χ0) is 19.6. The van der Waals surface area contributed by atoms with Gasteiger partial charge in [0.2, 0.25) is 15.9 Å². The van der Waals surface area contributed by atoms with Crippen molar-refractivity contribution in [3.05, 3.63) is 41.6 Å². The average Bonchev–Trinajstić information content (AvgIpc) is 3.18. The van der Waals surface area contributed by atoms with Crippen LogP contribution in [-0.2, 0) is 16.4 Å². The van der Waals surface area contributed by atoms with Crippen LogP contribution in [0, 0.1) is 6.92 Å². The van der Waals surface area contributed by atoms with Crippen molar-refractivity contribution in [3.8, 4) is 11.6 Å². The molecule has 3 heterocycles. The van der Waals surface area contributed by atoms with Crippen molar-refractivity contribution in [3.63, 3.8) is 0 Å². The molecule has 2 aliphatic heterocycles. The fourth-order valence-electron chi connectivity index (χ4n) is 3.41. The second-order valence-electron chi connectivity index (χ2n) is 6.98. The van der Waals surface area contributed by atoms with Crippen LogP contribution in [0.3, 0.4) is 0 Å². The van der Waals surface area contributed by atoms with E-state index in [0.717, 1.165) is 30.0 Å². The molecule has 0 saturated carbocycles. The molecule has 8 nitrogen and oxygen atoms in total. The highest BCUT2D eigenvalue weighted by atomic mass is 32.2. The number of ether oxygens (including phenoxy) is 2. The highest BCUT2D eigenvalue weighted by Crippen LogP contribution is 2.29. The van der Waals surface area contributed by atoms with Crippen molar-refractivity contribution < 1.29 is 17.9 Å². The lowest BCUT2D eigenvalue weighted by Gasteiger charge is -2.33. The van der Waals surface area contributed by atoms with Gasteiger partial charge in [0.1, 0.15) is 12.4 Å². The summed E-state index contributed by atoms with van der Waals surface area (Å²) in [5.41, 5.74) is 1.82. The molecule has 0 atom stereocenters. The van der Waals surface area contributed by atoms with Crippen molar-refractivity contribution in [2.75, 3.05) is 45.9 Å². The van der Waals surface area contributed by atoms with E-state index >= 15 is 0 Å². The van der Waals surface area contributed by atoms with Crippen molar-refractivity contribution in [1.29, 1.82) is 0 Å². The minimum atomic E-state index is -3.47. The maximum Gasteiger partial charge on any atom is 0.243 e. The zero-order valence-corrected chi connectivity index (χ0v) is 16.7. The highest BCUT2D eigenvalue weighted by Gasteiger charge is 2.29. The summed E-state index contributed by atoms with van der Waals surface area (Å²) in [6.07, 6.45) is 0.762. The van der Waals surface area contributed by atoms with Crippen LogP contribution in [0.2, 0.25) is 0 Å². The van der Waals surface area contributed by atoms with Crippen LogP contribution in [0.4, 0.5) is 0 Å². The first-order valence-electron chi connectivity index (χ1n) is 9.44. The molecule has 1 aromatic heterocycles. The van der Waals surface area contributed by atoms with Crippen LogP contribution in [0.15, 0.2) is 35.2 Å². The van der Waals surface area contributed by atoms with Gasteiger partial charge in [0.25, 0.3) is 0 Å². The Bertz CT molecular complexity index is 925. The van der Waals surface area contributed by atoms with Crippen molar-refractivity contribution in [2.45, 2.75) is 18.2 Å². The molecule has 0 spiro atoms. The van der Waals surface area contributed by atoms with Crippen LogP contribution in [0.25, 0.3) is 0 Å². The van der Waals surface area contributed by atoms with Gasteiger partial charge in [-0.1, -0.05) is 0 Å². The molecule has 0 amide bonds. The quantitative estimate of drug-likeness (QED) is 0.713. The first kappa shape index (κ1) is 19.1. The Morgan fingerprint density at radius 2 is 1.93 bits per heavy atom. The molecule has 28 heavy (non-hydrogen) atoms. The van der Waals surface area contributed by atoms with Gasteiger partial charge < -0.3 is 9.47 Å². The first-order valence-corrected chi connectivity index (χ1v) is 10.9. The van der Waals surface area contributed by atoms with Crippen LogP contribution in [0.5, 0.6) is 11.6 Å². The number of nitrogens with zero attached hydrogens (tertiary/aromatic N) is 4. The minimum Gasteiger partial charge on any atom is -0.493 e. The number of aromatic nitrogens is 2. The van der Waals surface area contributed by atoms with Gasteiger partial charge in [-0.25, -0.2) is 8.42 Å². The molecule has 0 radical (unpaired) electrons. The summed E-state index contributed by atoms with van der Waals surface area (Å²) >= 11 is 0. The Hall–Kier alpha value is -2.23. The number of rotatable bonds is 6. The van der Waals surface area contributed by atoms with Gasteiger partial charge in [-0.2, -0.15) is 9.40 Å². The second kappa shape index (κ2) is 8.02. The molecule has 1 fully saturated rings. The standard InChI is InChI=1S/C19H24N4O4S/c1-15-2-5-19(21-20-15)27-13-11-22-7-9-23(10-8-22)28(24,25)17-3-4-18-16(14-17)6-12-26-18/h2-5,14H,6-13H2,1H3. The molecule has 2 aromatic rings. The SMILES string of the molecule is Cc1ccc(OCCN2CCN(S(=O)(=O)c3ccc4c(c3)CCO4)CC2)nn1. The number of benzene rings is 1. The zero-order valence-electron chi connectivity index (χ0n) is 15.9. The second-order valence-corrected chi connectivity index (χ2v) is 8.91. The molecular weight excluding hydrogens is 380 g/mol. The fourth-order valence-corrected chi connectivity index (χ4v) is 4.88. The van der Waals surface area contributed by atoms with Crippen LogP contribution < -0.4 is 9.47 Å². The predicted molar refractivity (Wildman–Crippen MR) is 103 cm³/mol. The van der Waals surface area contributed by atoms with Gasteiger partial charge in [0.05, 0.1) is 17.2 Å². The Morgan fingerprint density at radius 1 is 1.11 bits per heavy atom. The number of hydrogen-bond acceptors (Lipinski definition) is 7.